The molecule has 94 valence electrons. The van der Waals surface area contributed by atoms with Crippen LogP contribution in [-0.4, -0.2) is 34.9 Å². The number of carboxylic acid groups (broad SMARTS) is 1. The molecule has 18 heavy (non-hydrogen) atoms. The molecule has 0 bridgehead atoms. The quantitative estimate of drug-likeness (QED) is 0.454. The van der Waals surface area contributed by atoms with Gasteiger partial charge in [-0.3, -0.25) is 0 Å². The summed E-state index contributed by atoms with van der Waals surface area (Å²) in [4.78, 5) is 10.9. The van der Waals surface area contributed by atoms with Crippen LogP contribution in [0.4, 0.5) is 0 Å². The molecule has 0 spiro atoms. The Balaban J connectivity index is 0.00000289. The summed E-state index contributed by atoms with van der Waals surface area (Å²) in [7, 11) is 0. The molecule has 1 aromatic rings. The average Bonchev–Trinajstić information content (AvgIpc) is 2.26. The molecule has 5 nitrogen and oxygen atoms in total. The van der Waals surface area contributed by atoms with Gasteiger partial charge in [-0.25, -0.2) is 0 Å². The van der Waals surface area contributed by atoms with Crippen molar-refractivity contribution < 1.29 is 49.7 Å². The normalized spacial score (nSPS) is 13.4. The van der Waals surface area contributed by atoms with Crippen LogP contribution in [0.25, 0.3) is 0 Å². The van der Waals surface area contributed by atoms with Crippen molar-refractivity contribution in [3.63, 3.8) is 0 Å². The summed E-state index contributed by atoms with van der Waals surface area (Å²) in [6.45, 7) is 1.76. The number of aromatic hydroxyl groups is 1. The molecule has 2 atom stereocenters. The summed E-state index contributed by atoms with van der Waals surface area (Å²) in [5.41, 5.74) is 0.773. The molecule has 0 amide bonds. The van der Waals surface area contributed by atoms with Gasteiger partial charge in [0.2, 0.25) is 0 Å². The number of phenolic OH excluding ortho intramolecular Hbond substituents is 1. The van der Waals surface area contributed by atoms with Crippen molar-refractivity contribution in [1.29, 1.82) is 0 Å². The minimum absolute atomic E-state index is 0. The van der Waals surface area contributed by atoms with Crippen molar-refractivity contribution in [2.75, 3.05) is 6.54 Å². The summed E-state index contributed by atoms with van der Waals surface area (Å²) < 4.78 is 0. The number of aliphatic hydroxyl groups excluding tert-OH is 1. The van der Waals surface area contributed by atoms with Crippen LogP contribution in [0.2, 0.25) is 0 Å². The molecule has 3 N–H and O–H groups in total. The smallest absolute Gasteiger partial charge is 0.548 e. The van der Waals surface area contributed by atoms with Gasteiger partial charge in [0.05, 0.1) is 18.1 Å². The van der Waals surface area contributed by atoms with Crippen molar-refractivity contribution in [2.45, 2.75) is 25.5 Å². The van der Waals surface area contributed by atoms with E-state index in [1.54, 1.807) is 19.1 Å². The number of aliphatic carboxylic acids is 1. The van der Waals surface area contributed by atoms with Crippen molar-refractivity contribution in [2.24, 2.45) is 0 Å². The Bertz CT molecular complexity index is 367. The van der Waals surface area contributed by atoms with E-state index >= 15 is 0 Å². The second-order valence-corrected chi connectivity index (χ2v) is 4.00. The van der Waals surface area contributed by atoms with E-state index in [2.05, 4.69) is 5.32 Å². The van der Waals surface area contributed by atoms with Crippen LogP contribution >= 0.6 is 0 Å². The first-order valence-electron chi connectivity index (χ1n) is 5.39. The monoisotopic (exact) mass is 261 g/mol. The predicted molar refractivity (Wildman–Crippen MR) is 60.3 cm³/mol. The number of carboxylic acids is 1. The zero-order valence-electron chi connectivity index (χ0n) is 10.6. The summed E-state index contributed by atoms with van der Waals surface area (Å²) in [6, 6.07) is 5.44. The maximum absolute atomic E-state index is 10.9. The molecule has 1 unspecified atom stereocenters. The van der Waals surface area contributed by atoms with E-state index in [4.69, 9.17) is 10.2 Å². The van der Waals surface area contributed by atoms with Gasteiger partial charge in [0.15, 0.2) is 0 Å². The van der Waals surface area contributed by atoms with Gasteiger partial charge in [-0.1, -0.05) is 12.1 Å². The maximum Gasteiger partial charge on any atom is 1.00 e. The number of phenols is 1. The number of aliphatic hydroxyl groups is 1. The maximum atomic E-state index is 10.9. The number of rotatable bonds is 6. The van der Waals surface area contributed by atoms with Crippen molar-refractivity contribution in [3.8, 4) is 5.75 Å². The second kappa shape index (κ2) is 8.50. The van der Waals surface area contributed by atoms with Gasteiger partial charge in [0, 0.05) is 6.54 Å². The third kappa shape index (κ3) is 6.37. The van der Waals surface area contributed by atoms with E-state index in [1.807, 2.05) is 0 Å². The number of hydrogen-bond donors (Lipinski definition) is 3. The van der Waals surface area contributed by atoms with Gasteiger partial charge in [0.1, 0.15) is 5.75 Å². The number of nitrogens with one attached hydrogen (secondary N) is 1. The molecule has 1 aromatic carbocycles. The molecule has 1 rings (SSSR count). The van der Waals surface area contributed by atoms with Crippen LogP contribution < -0.4 is 40.0 Å². The van der Waals surface area contributed by atoms with Gasteiger partial charge in [-0.2, -0.15) is 0 Å². The van der Waals surface area contributed by atoms with Crippen molar-refractivity contribution in [3.05, 3.63) is 29.8 Å². The third-order valence-electron chi connectivity index (χ3n) is 2.32. The van der Waals surface area contributed by atoms with Gasteiger partial charge >= 0.3 is 29.6 Å². The fraction of sp³-hybridized carbons (Fsp3) is 0.417. The van der Waals surface area contributed by atoms with Crippen LogP contribution in [0.1, 0.15) is 12.5 Å². The van der Waals surface area contributed by atoms with E-state index < -0.39 is 18.1 Å². The van der Waals surface area contributed by atoms with Gasteiger partial charge in [-0.15, -0.1) is 0 Å². The number of carbonyl (C=O) groups is 1. The third-order valence-corrected chi connectivity index (χ3v) is 2.32. The largest absolute Gasteiger partial charge is 1.00 e. The van der Waals surface area contributed by atoms with Crippen LogP contribution in [0.3, 0.4) is 0 Å². The van der Waals surface area contributed by atoms with E-state index in [-0.39, 0.29) is 48.3 Å². The summed E-state index contributed by atoms with van der Waals surface area (Å²) in [5, 5.41) is 31.8. The minimum Gasteiger partial charge on any atom is -0.548 e. The van der Waals surface area contributed by atoms with Crippen LogP contribution in [-0.2, 0) is 11.2 Å². The molecule has 0 heterocycles. The SMILES string of the molecule is CC(O)CN[C@@H](Cc1ccc(O)cc1)C(=O)[O-].[Na+]. The predicted octanol–water partition coefficient (Wildman–Crippen LogP) is -3.97. The molecule has 0 aromatic heterocycles. The first kappa shape index (κ1) is 17.4. The molecule has 0 fully saturated rings. The second-order valence-electron chi connectivity index (χ2n) is 4.00. The molecule has 0 aliphatic carbocycles. The van der Waals surface area contributed by atoms with Crippen LogP contribution in [0, 0.1) is 0 Å². The molecular formula is C12H16NNaO4. The van der Waals surface area contributed by atoms with E-state index in [0.29, 0.717) is 0 Å². The fourth-order valence-corrected chi connectivity index (χ4v) is 1.42. The number of carbonyl (C=O) groups excluding carboxylic acids is 1. The fourth-order valence-electron chi connectivity index (χ4n) is 1.42. The summed E-state index contributed by atoms with van der Waals surface area (Å²) in [5.74, 6) is -1.07. The molecule has 0 saturated heterocycles. The van der Waals surface area contributed by atoms with E-state index in [0.717, 1.165) is 5.56 Å². The number of hydrogen-bond acceptors (Lipinski definition) is 5. The molecule has 0 aliphatic heterocycles. The summed E-state index contributed by atoms with van der Waals surface area (Å²) >= 11 is 0. The van der Waals surface area contributed by atoms with E-state index in [1.165, 1.54) is 12.1 Å². The molecule has 0 saturated carbocycles. The van der Waals surface area contributed by atoms with Gasteiger partial charge < -0.3 is 25.4 Å². The Hall–Kier alpha value is -0.590. The van der Waals surface area contributed by atoms with Crippen molar-refractivity contribution in [1.82, 2.24) is 5.32 Å². The Labute approximate surface area is 128 Å². The first-order chi connectivity index (χ1) is 7.99. The Morgan fingerprint density at radius 2 is 1.94 bits per heavy atom. The summed E-state index contributed by atoms with van der Waals surface area (Å²) in [6.07, 6.45) is -0.369. The standard InChI is InChI=1S/C12H17NO4.Na/c1-8(14)7-13-11(12(16)17)6-9-2-4-10(15)5-3-9;/h2-5,8,11,13-15H,6-7H2,1H3,(H,16,17);/q;+1/p-1/t8?,11-;/m0./s1. The first-order valence-corrected chi connectivity index (χ1v) is 5.39. The zero-order valence-corrected chi connectivity index (χ0v) is 12.6. The molecule has 0 radical (unpaired) electrons. The Morgan fingerprint density at radius 1 is 1.39 bits per heavy atom. The molecule has 6 heteroatoms. The van der Waals surface area contributed by atoms with Crippen molar-refractivity contribution >= 4 is 5.97 Å². The Kier molecular flexibility index (Phi) is 8.22. The number of benzene rings is 1. The van der Waals surface area contributed by atoms with Crippen LogP contribution in [0.5, 0.6) is 5.75 Å². The zero-order chi connectivity index (χ0) is 12.8. The average molecular weight is 261 g/mol. The molecule has 0 aliphatic rings. The van der Waals surface area contributed by atoms with Gasteiger partial charge in [0.25, 0.3) is 0 Å². The Morgan fingerprint density at radius 3 is 2.39 bits per heavy atom. The van der Waals surface area contributed by atoms with E-state index in [9.17, 15) is 9.90 Å². The minimum atomic E-state index is -1.21. The topological polar surface area (TPSA) is 92.6 Å². The van der Waals surface area contributed by atoms with Gasteiger partial charge in [-0.05, 0) is 31.0 Å². The van der Waals surface area contributed by atoms with Crippen LogP contribution in [0.15, 0.2) is 24.3 Å². The molecular weight excluding hydrogens is 245 g/mol.